The fourth-order valence-electron chi connectivity index (χ4n) is 2.91. The van der Waals surface area contributed by atoms with Crippen molar-refractivity contribution < 1.29 is 9.53 Å². The molecule has 1 aliphatic rings. The Morgan fingerprint density at radius 1 is 1.12 bits per heavy atom. The second kappa shape index (κ2) is 9.07. The smallest absolute Gasteiger partial charge is 0.315 e. The fraction of sp³-hybridized carbons (Fsp3) is 0.650. The topological polar surface area (TPSA) is 50.4 Å². The van der Waals surface area contributed by atoms with Crippen LogP contribution in [0.25, 0.3) is 0 Å². The fourth-order valence-corrected chi connectivity index (χ4v) is 2.91. The molecule has 4 heteroatoms. The largest absolute Gasteiger partial charge is 0.381 e. The van der Waals surface area contributed by atoms with Gasteiger partial charge in [-0.25, -0.2) is 4.79 Å². The van der Waals surface area contributed by atoms with Gasteiger partial charge in [0, 0.05) is 25.8 Å². The van der Waals surface area contributed by atoms with E-state index in [1.807, 2.05) is 0 Å². The van der Waals surface area contributed by atoms with E-state index in [1.54, 1.807) is 0 Å². The van der Waals surface area contributed by atoms with Crippen LogP contribution in [0, 0.1) is 0 Å². The normalized spacial score (nSPS) is 16.0. The summed E-state index contributed by atoms with van der Waals surface area (Å²) >= 11 is 0. The molecule has 0 bridgehead atoms. The highest BCUT2D eigenvalue weighted by Crippen LogP contribution is 2.22. The van der Waals surface area contributed by atoms with E-state index in [1.165, 1.54) is 11.1 Å². The molecule has 0 atom stereocenters. The molecule has 1 fully saturated rings. The van der Waals surface area contributed by atoms with Crippen LogP contribution < -0.4 is 10.6 Å². The molecule has 0 aliphatic carbocycles. The number of carbonyl (C=O) groups is 1. The number of amides is 2. The molecule has 1 aromatic rings. The SMILES string of the molecule is CC(C)(C)c1ccc(CCCCNC(=O)NC2CCOCC2)cc1. The van der Waals surface area contributed by atoms with E-state index < -0.39 is 0 Å². The minimum atomic E-state index is -0.0450. The Morgan fingerprint density at radius 2 is 1.79 bits per heavy atom. The van der Waals surface area contributed by atoms with Crippen molar-refractivity contribution in [1.29, 1.82) is 0 Å². The summed E-state index contributed by atoms with van der Waals surface area (Å²) in [6.07, 6.45) is 4.98. The van der Waals surface area contributed by atoms with Crippen LogP contribution in [-0.2, 0) is 16.6 Å². The molecule has 1 saturated heterocycles. The van der Waals surface area contributed by atoms with Gasteiger partial charge in [-0.15, -0.1) is 0 Å². The molecule has 0 saturated carbocycles. The van der Waals surface area contributed by atoms with Gasteiger partial charge in [0.2, 0.25) is 0 Å². The van der Waals surface area contributed by atoms with E-state index in [0.717, 1.165) is 51.9 Å². The Labute approximate surface area is 146 Å². The summed E-state index contributed by atoms with van der Waals surface area (Å²) in [6, 6.07) is 9.14. The quantitative estimate of drug-likeness (QED) is 0.779. The van der Waals surface area contributed by atoms with Gasteiger partial charge >= 0.3 is 6.03 Å². The maximum absolute atomic E-state index is 11.8. The van der Waals surface area contributed by atoms with Gasteiger partial charge in [-0.2, -0.15) is 0 Å². The van der Waals surface area contributed by atoms with Gasteiger partial charge < -0.3 is 15.4 Å². The number of hydrogen-bond donors (Lipinski definition) is 2. The zero-order chi connectivity index (χ0) is 17.4. The van der Waals surface area contributed by atoms with E-state index in [4.69, 9.17) is 4.74 Å². The Kier molecular flexibility index (Phi) is 7.10. The van der Waals surface area contributed by atoms with Crippen LogP contribution in [0.3, 0.4) is 0 Å². The van der Waals surface area contributed by atoms with Gasteiger partial charge in [-0.1, -0.05) is 45.0 Å². The van der Waals surface area contributed by atoms with E-state index >= 15 is 0 Å². The van der Waals surface area contributed by atoms with E-state index in [9.17, 15) is 4.79 Å². The summed E-state index contributed by atoms with van der Waals surface area (Å²) in [5.41, 5.74) is 2.95. The highest BCUT2D eigenvalue weighted by Gasteiger charge is 2.15. The molecule has 1 heterocycles. The van der Waals surface area contributed by atoms with Crippen LogP contribution in [-0.4, -0.2) is 31.8 Å². The first-order valence-corrected chi connectivity index (χ1v) is 9.17. The monoisotopic (exact) mass is 332 g/mol. The molecular formula is C20H32N2O2. The number of unbranched alkanes of at least 4 members (excludes halogenated alkanes) is 1. The number of urea groups is 1. The van der Waals surface area contributed by atoms with E-state index in [2.05, 4.69) is 55.7 Å². The van der Waals surface area contributed by atoms with E-state index in [0.29, 0.717) is 0 Å². The van der Waals surface area contributed by atoms with Gasteiger partial charge in [0.05, 0.1) is 0 Å². The van der Waals surface area contributed by atoms with Crippen LogP contribution in [0.15, 0.2) is 24.3 Å². The van der Waals surface area contributed by atoms with Gasteiger partial charge in [-0.05, 0) is 48.6 Å². The van der Waals surface area contributed by atoms with Crippen molar-refractivity contribution in [3.05, 3.63) is 35.4 Å². The molecule has 2 rings (SSSR count). The minimum absolute atomic E-state index is 0.0450. The molecule has 0 aromatic heterocycles. The number of nitrogens with one attached hydrogen (secondary N) is 2. The first-order valence-electron chi connectivity index (χ1n) is 9.17. The molecule has 0 unspecified atom stereocenters. The second-order valence-corrected chi connectivity index (χ2v) is 7.69. The summed E-state index contributed by atoms with van der Waals surface area (Å²) in [6.45, 7) is 8.93. The zero-order valence-electron chi connectivity index (χ0n) is 15.4. The molecular weight excluding hydrogens is 300 g/mol. The number of ether oxygens (including phenoxy) is 1. The summed E-state index contributed by atoms with van der Waals surface area (Å²) < 4.78 is 5.29. The summed E-state index contributed by atoms with van der Waals surface area (Å²) in [5, 5.41) is 5.97. The number of rotatable bonds is 6. The predicted octanol–water partition coefficient (Wildman–Crippen LogP) is 3.79. The maximum atomic E-state index is 11.8. The van der Waals surface area contributed by atoms with Crippen molar-refractivity contribution in [1.82, 2.24) is 10.6 Å². The highest BCUT2D eigenvalue weighted by molar-refractivity contribution is 5.74. The lowest BCUT2D eigenvalue weighted by atomic mass is 9.86. The molecule has 1 aliphatic heterocycles. The average Bonchev–Trinajstić information content (AvgIpc) is 2.55. The number of carbonyl (C=O) groups excluding carboxylic acids is 1. The minimum Gasteiger partial charge on any atom is -0.381 e. The van der Waals surface area contributed by atoms with Crippen LogP contribution >= 0.6 is 0 Å². The van der Waals surface area contributed by atoms with Crippen LogP contribution in [0.2, 0.25) is 0 Å². The number of aryl methyl sites for hydroxylation is 1. The van der Waals surface area contributed by atoms with Crippen molar-refractivity contribution in [3.8, 4) is 0 Å². The summed E-state index contributed by atoms with van der Waals surface area (Å²) in [7, 11) is 0. The van der Waals surface area contributed by atoms with Crippen molar-refractivity contribution in [2.24, 2.45) is 0 Å². The maximum Gasteiger partial charge on any atom is 0.315 e. The Hall–Kier alpha value is -1.55. The molecule has 2 amide bonds. The van der Waals surface area contributed by atoms with Crippen molar-refractivity contribution in [2.75, 3.05) is 19.8 Å². The van der Waals surface area contributed by atoms with Gasteiger partial charge in [0.15, 0.2) is 0 Å². The highest BCUT2D eigenvalue weighted by atomic mass is 16.5. The van der Waals surface area contributed by atoms with Gasteiger partial charge in [0.1, 0.15) is 0 Å². The molecule has 4 nitrogen and oxygen atoms in total. The van der Waals surface area contributed by atoms with Crippen molar-refractivity contribution >= 4 is 6.03 Å². The molecule has 0 radical (unpaired) electrons. The lowest BCUT2D eigenvalue weighted by molar-refractivity contribution is 0.0801. The number of hydrogen-bond acceptors (Lipinski definition) is 2. The lowest BCUT2D eigenvalue weighted by Gasteiger charge is -2.23. The average molecular weight is 332 g/mol. The Morgan fingerprint density at radius 3 is 2.42 bits per heavy atom. The third-order valence-corrected chi connectivity index (χ3v) is 4.55. The second-order valence-electron chi connectivity index (χ2n) is 7.69. The van der Waals surface area contributed by atoms with Crippen LogP contribution in [0.4, 0.5) is 4.79 Å². The van der Waals surface area contributed by atoms with Gasteiger partial charge in [-0.3, -0.25) is 0 Å². The van der Waals surface area contributed by atoms with Crippen molar-refractivity contribution in [3.63, 3.8) is 0 Å². The molecule has 134 valence electrons. The molecule has 1 aromatic carbocycles. The van der Waals surface area contributed by atoms with Crippen molar-refractivity contribution in [2.45, 2.75) is 64.3 Å². The first kappa shape index (κ1) is 18.8. The summed E-state index contributed by atoms with van der Waals surface area (Å²) in [5.74, 6) is 0. The molecule has 0 spiro atoms. The van der Waals surface area contributed by atoms with E-state index in [-0.39, 0.29) is 17.5 Å². The number of benzene rings is 1. The molecule has 24 heavy (non-hydrogen) atoms. The summed E-state index contributed by atoms with van der Waals surface area (Å²) in [4.78, 5) is 11.8. The first-order chi connectivity index (χ1) is 11.4. The van der Waals surface area contributed by atoms with Crippen LogP contribution in [0.5, 0.6) is 0 Å². The molecule has 2 N–H and O–H groups in total. The predicted molar refractivity (Wildman–Crippen MR) is 98.5 cm³/mol. The zero-order valence-corrected chi connectivity index (χ0v) is 15.4. The Bertz CT molecular complexity index is 499. The van der Waals surface area contributed by atoms with Crippen LogP contribution in [0.1, 0.15) is 57.6 Å². The lowest BCUT2D eigenvalue weighted by Crippen LogP contribution is -2.44. The third-order valence-electron chi connectivity index (χ3n) is 4.55. The van der Waals surface area contributed by atoms with Gasteiger partial charge in [0.25, 0.3) is 0 Å². The standard InChI is InChI=1S/C20H32N2O2/c1-20(2,3)17-9-7-16(8-10-17)6-4-5-13-21-19(23)22-18-11-14-24-15-12-18/h7-10,18H,4-6,11-15H2,1-3H3,(H2,21,22,23). The third kappa shape index (κ3) is 6.52. The Balaban J connectivity index is 1.58.